The third kappa shape index (κ3) is 2.69. The molecule has 1 aromatic heterocycles. The highest BCUT2D eigenvalue weighted by Gasteiger charge is 2.19. The molecule has 5 nitrogen and oxygen atoms in total. The summed E-state index contributed by atoms with van der Waals surface area (Å²) in [7, 11) is 1.94. The Morgan fingerprint density at radius 1 is 1.05 bits per heavy atom. The van der Waals surface area contributed by atoms with Crippen LogP contribution in [0.3, 0.4) is 0 Å². The zero-order chi connectivity index (χ0) is 14.8. The van der Waals surface area contributed by atoms with Gasteiger partial charge in [-0.25, -0.2) is 0 Å². The highest BCUT2D eigenvalue weighted by Crippen LogP contribution is 2.34. The number of fused-ring (bicyclic) bond motifs is 1. The zero-order valence-corrected chi connectivity index (χ0v) is 12.5. The van der Waals surface area contributed by atoms with Crippen molar-refractivity contribution in [3.63, 3.8) is 0 Å². The number of nitrogens with one attached hydrogen (secondary N) is 1. The Morgan fingerprint density at radius 3 is 2.57 bits per heavy atom. The van der Waals surface area contributed by atoms with Crippen molar-refractivity contribution in [1.29, 1.82) is 0 Å². The van der Waals surface area contributed by atoms with Crippen LogP contribution in [0.25, 0.3) is 0 Å². The first-order valence-corrected chi connectivity index (χ1v) is 7.06. The molecule has 21 heavy (non-hydrogen) atoms. The predicted molar refractivity (Wildman–Crippen MR) is 79.8 cm³/mol. The standard InChI is InChI=1S/C16H19N3O2/c1-10-8-13(11(2)19-18-10)16(17-3)12-4-5-14-15(9-12)21-7-6-20-14/h4-5,8-9,16-17H,6-7H2,1-3H3. The number of hydrogen-bond acceptors (Lipinski definition) is 5. The van der Waals surface area contributed by atoms with Crippen molar-refractivity contribution < 1.29 is 9.47 Å². The molecule has 0 spiro atoms. The molecule has 1 aromatic carbocycles. The van der Waals surface area contributed by atoms with Gasteiger partial charge in [0, 0.05) is 0 Å². The summed E-state index contributed by atoms with van der Waals surface area (Å²) < 4.78 is 11.2. The molecule has 5 heteroatoms. The number of nitrogens with zero attached hydrogens (tertiary/aromatic N) is 2. The van der Waals surface area contributed by atoms with Gasteiger partial charge < -0.3 is 14.8 Å². The molecular weight excluding hydrogens is 266 g/mol. The quantitative estimate of drug-likeness (QED) is 0.936. The van der Waals surface area contributed by atoms with E-state index in [-0.39, 0.29) is 6.04 Å². The van der Waals surface area contributed by atoms with Gasteiger partial charge >= 0.3 is 0 Å². The molecule has 2 aromatic rings. The van der Waals surface area contributed by atoms with Gasteiger partial charge in [-0.05, 0) is 50.2 Å². The topological polar surface area (TPSA) is 56.3 Å². The Kier molecular flexibility index (Phi) is 3.75. The number of rotatable bonds is 3. The molecule has 0 radical (unpaired) electrons. The number of aromatic nitrogens is 2. The second-order valence-corrected chi connectivity index (χ2v) is 5.15. The molecule has 1 N–H and O–H groups in total. The maximum absolute atomic E-state index is 5.67. The zero-order valence-electron chi connectivity index (χ0n) is 12.5. The van der Waals surface area contributed by atoms with E-state index < -0.39 is 0 Å². The fourth-order valence-electron chi connectivity index (χ4n) is 2.60. The molecule has 0 saturated carbocycles. The Morgan fingerprint density at radius 2 is 1.81 bits per heavy atom. The van der Waals surface area contributed by atoms with Gasteiger partial charge in [0.1, 0.15) is 13.2 Å². The van der Waals surface area contributed by atoms with Gasteiger partial charge in [-0.3, -0.25) is 0 Å². The van der Waals surface area contributed by atoms with E-state index in [1.54, 1.807) is 0 Å². The minimum absolute atomic E-state index is 0.0510. The van der Waals surface area contributed by atoms with Gasteiger partial charge in [-0.2, -0.15) is 10.2 Å². The molecule has 110 valence electrons. The van der Waals surface area contributed by atoms with Crippen molar-refractivity contribution in [2.24, 2.45) is 0 Å². The first-order valence-electron chi connectivity index (χ1n) is 7.06. The molecule has 1 aliphatic heterocycles. The molecule has 3 rings (SSSR count). The fourth-order valence-corrected chi connectivity index (χ4v) is 2.60. The van der Waals surface area contributed by atoms with Gasteiger partial charge in [-0.15, -0.1) is 0 Å². The van der Waals surface area contributed by atoms with Gasteiger partial charge in [-0.1, -0.05) is 6.07 Å². The van der Waals surface area contributed by atoms with Crippen LogP contribution in [0.4, 0.5) is 0 Å². The molecule has 0 saturated heterocycles. The third-order valence-electron chi connectivity index (χ3n) is 3.64. The smallest absolute Gasteiger partial charge is 0.161 e. The van der Waals surface area contributed by atoms with Crippen LogP contribution in [0.1, 0.15) is 28.6 Å². The van der Waals surface area contributed by atoms with Gasteiger partial charge in [0.05, 0.1) is 17.4 Å². The lowest BCUT2D eigenvalue weighted by molar-refractivity contribution is 0.171. The van der Waals surface area contributed by atoms with E-state index in [9.17, 15) is 0 Å². The van der Waals surface area contributed by atoms with Crippen molar-refractivity contribution >= 4 is 0 Å². The first-order chi connectivity index (χ1) is 10.2. The number of ether oxygens (including phenoxy) is 2. The number of aryl methyl sites for hydroxylation is 2. The lowest BCUT2D eigenvalue weighted by atomic mass is 9.97. The third-order valence-corrected chi connectivity index (χ3v) is 3.64. The van der Waals surface area contributed by atoms with Crippen LogP contribution >= 0.6 is 0 Å². The molecule has 0 bridgehead atoms. The van der Waals surface area contributed by atoms with Crippen LogP contribution < -0.4 is 14.8 Å². The van der Waals surface area contributed by atoms with Gasteiger partial charge in [0.25, 0.3) is 0 Å². The summed E-state index contributed by atoms with van der Waals surface area (Å²) in [4.78, 5) is 0. The van der Waals surface area contributed by atoms with E-state index >= 15 is 0 Å². The van der Waals surface area contributed by atoms with Crippen LogP contribution in [-0.2, 0) is 0 Å². The Bertz CT molecular complexity index is 658. The predicted octanol–water partition coefficient (Wildman–Crippen LogP) is 2.17. The molecule has 2 heterocycles. The lowest BCUT2D eigenvalue weighted by Crippen LogP contribution is -2.21. The maximum Gasteiger partial charge on any atom is 0.161 e. The van der Waals surface area contributed by atoms with Crippen molar-refractivity contribution in [2.45, 2.75) is 19.9 Å². The summed E-state index contributed by atoms with van der Waals surface area (Å²) in [6.07, 6.45) is 0. The average molecular weight is 285 g/mol. The SMILES string of the molecule is CNC(c1ccc2c(c1)OCCO2)c1cc(C)nnc1C. The van der Waals surface area contributed by atoms with Crippen molar-refractivity contribution in [2.75, 3.05) is 20.3 Å². The molecule has 0 fully saturated rings. The fraction of sp³-hybridized carbons (Fsp3) is 0.375. The van der Waals surface area contributed by atoms with Crippen molar-refractivity contribution in [1.82, 2.24) is 15.5 Å². The summed E-state index contributed by atoms with van der Waals surface area (Å²) >= 11 is 0. The highest BCUT2D eigenvalue weighted by molar-refractivity contribution is 5.47. The molecule has 0 amide bonds. The average Bonchev–Trinajstić information content (AvgIpc) is 2.51. The van der Waals surface area contributed by atoms with Crippen LogP contribution in [0.5, 0.6) is 11.5 Å². The molecular formula is C16H19N3O2. The second kappa shape index (κ2) is 5.69. The molecule has 1 unspecified atom stereocenters. The highest BCUT2D eigenvalue weighted by atomic mass is 16.6. The summed E-state index contributed by atoms with van der Waals surface area (Å²) in [6.45, 7) is 5.13. The Hall–Kier alpha value is -2.14. The minimum Gasteiger partial charge on any atom is -0.486 e. The van der Waals surface area contributed by atoms with Gasteiger partial charge in [0.2, 0.25) is 0 Å². The monoisotopic (exact) mass is 285 g/mol. The van der Waals surface area contributed by atoms with Crippen LogP contribution in [0.2, 0.25) is 0 Å². The van der Waals surface area contributed by atoms with Crippen molar-refractivity contribution in [3.05, 3.63) is 46.8 Å². The van der Waals surface area contributed by atoms with Crippen molar-refractivity contribution in [3.8, 4) is 11.5 Å². The maximum atomic E-state index is 5.67. The second-order valence-electron chi connectivity index (χ2n) is 5.15. The van der Waals surface area contributed by atoms with E-state index in [2.05, 4.69) is 27.6 Å². The van der Waals surface area contributed by atoms with Crippen LogP contribution in [-0.4, -0.2) is 30.5 Å². The normalized spacial score (nSPS) is 14.8. The molecule has 1 aliphatic rings. The van der Waals surface area contributed by atoms with Crippen LogP contribution in [0.15, 0.2) is 24.3 Å². The summed E-state index contributed by atoms with van der Waals surface area (Å²) in [5, 5.41) is 11.7. The molecule has 0 aliphatic carbocycles. The van der Waals surface area contributed by atoms with E-state index in [1.165, 1.54) is 0 Å². The van der Waals surface area contributed by atoms with E-state index in [4.69, 9.17) is 9.47 Å². The lowest BCUT2D eigenvalue weighted by Gasteiger charge is -2.23. The van der Waals surface area contributed by atoms with Crippen LogP contribution in [0, 0.1) is 13.8 Å². The summed E-state index contributed by atoms with van der Waals surface area (Å²) in [6, 6.07) is 8.18. The Balaban J connectivity index is 2.01. The number of hydrogen-bond donors (Lipinski definition) is 1. The number of benzene rings is 1. The van der Waals surface area contributed by atoms with E-state index in [1.807, 2.05) is 33.0 Å². The van der Waals surface area contributed by atoms with E-state index in [0.29, 0.717) is 13.2 Å². The molecule has 1 atom stereocenters. The Labute approximate surface area is 124 Å². The van der Waals surface area contributed by atoms with Gasteiger partial charge in [0.15, 0.2) is 11.5 Å². The summed E-state index contributed by atoms with van der Waals surface area (Å²) in [5.41, 5.74) is 4.09. The summed E-state index contributed by atoms with van der Waals surface area (Å²) in [5.74, 6) is 1.61. The van der Waals surface area contributed by atoms with E-state index in [0.717, 1.165) is 34.0 Å². The minimum atomic E-state index is 0.0510. The first kappa shape index (κ1) is 13.8. The largest absolute Gasteiger partial charge is 0.486 e.